The fourth-order valence-corrected chi connectivity index (χ4v) is 7.38. The molecule has 0 spiro atoms. The van der Waals surface area contributed by atoms with Crippen molar-refractivity contribution >= 4 is 60.3 Å². The molecule has 218 valence electrons. The highest BCUT2D eigenvalue weighted by Gasteiger charge is 2.16. The number of rotatable bonds is 9. The van der Waals surface area contributed by atoms with Crippen LogP contribution in [0.2, 0.25) is 0 Å². The van der Waals surface area contributed by atoms with Gasteiger partial charge in [-0.05, 0) is 71.1 Å². The van der Waals surface area contributed by atoms with Crippen LogP contribution in [0.4, 0.5) is 0 Å². The SMILES string of the molecule is Cc1ccc(/C=C/c2ccc(P(c3ccc(/C=C/c4ccccc4)cc3)c3ccc(/C=C/c4ccc(C)cc4)cc3)cc2)cc1. The summed E-state index contributed by atoms with van der Waals surface area (Å²) in [5.74, 6) is 0. The van der Waals surface area contributed by atoms with Gasteiger partial charge in [0.25, 0.3) is 0 Å². The van der Waals surface area contributed by atoms with E-state index in [1.807, 2.05) is 6.07 Å². The first-order valence-electron chi connectivity index (χ1n) is 15.4. The van der Waals surface area contributed by atoms with Gasteiger partial charge in [-0.3, -0.25) is 0 Å². The average molecular weight is 597 g/mol. The quantitative estimate of drug-likeness (QED) is 0.115. The van der Waals surface area contributed by atoms with Crippen molar-refractivity contribution in [1.82, 2.24) is 0 Å². The molecule has 1 heteroatoms. The van der Waals surface area contributed by atoms with E-state index in [0.29, 0.717) is 0 Å². The van der Waals surface area contributed by atoms with Crippen molar-refractivity contribution in [2.75, 3.05) is 0 Å². The van der Waals surface area contributed by atoms with Crippen molar-refractivity contribution in [2.24, 2.45) is 0 Å². The van der Waals surface area contributed by atoms with Gasteiger partial charge in [-0.2, -0.15) is 0 Å². The Morgan fingerprint density at radius 2 is 0.533 bits per heavy atom. The highest BCUT2D eigenvalue weighted by atomic mass is 31.1. The lowest BCUT2D eigenvalue weighted by Crippen LogP contribution is -2.20. The fourth-order valence-electron chi connectivity index (χ4n) is 5.15. The Morgan fingerprint density at radius 3 is 0.822 bits per heavy atom. The topological polar surface area (TPSA) is 0 Å². The van der Waals surface area contributed by atoms with Gasteiger partial charge in [-0.15, -0.1) is 0 Å². The van der Waals surface area contributed by atoms with Crippen molar-refractivity contribution in [3.63, 3.8) is 0 Å². The van der Waals surface area contributed by atoms with Crippen LogP contribution in [0.5, 0.6) is 0 Å². The molecule has 0 saturated heterocycles. The van der Waals surface area contributed by atoms with Crippen molar-refractivity contribution in [3.05, 3.63) is 196 Å². The molecule has 0 aromatic heterocycles. The fraction of sp³-hybridized carbons (Fsp3) is 0.0455. The van der Waals surface area contributed by atoms with Crippen molar-refractivity contribution in [2.45, 2.75) is 13.8 Å². The zero-order valence-electron chi connectivity index (χ0n) is 25.8. The first kappa shape index (κ1) is 30.0. The second-order valence-corrected chi connectivity index (χ2v) is 13.6. The molecule has 0 unspecified atom stereocenters. The summed E-state index contributed by atoms with van der Waals surface area (Å²) in [6.45, 7) is 4.24. The summed E-state index contributed by atoms with van der Waals surface area (Å²) in [6, 6.07) is 55.0. The minimum atomic E-state index is -0.722. The third kappa shape index (κ3) is 8.33. The lowest BCUT2D eigenvalue weighted by molar-refractivity contribution is 1.46. The lowest BCUT2D eigenvalue weighted by atomic mass is 10.1. The molecule has 0 fully saturated rings. The Hall–Kier alpha value is -5.03. The highest BCUT2D eigenvalue weighted by molar-refractivity contribution is 7.79. The monoisotopic (exact) mass is 596 g/mol. The van der Waals surface area contributed by atoms with Crippen molar-refractivity contribution < 1.29 is 0 Å². The van der Waals surface area contributed by atoms with E-state index < -0.39 is 7.92 Å². The van der Waals surface area contributed by atoms with Crippen LogP contribution < -0.4 is 15.9 Å². The molecule has 0 aliphatic heterocycles. The molecule has 0 aliphatic carbocycles. The van der Waals surface area contributed by atoms with Crippen LogP contribution in [0.1, 0.15) is 44.5 Å². The highest BCUT2D eigenvalue weighted by Crippen LogP contribution is 2.33. The molecule has 6 aromatic carbocycles. The normalized spacial score (nSPS) is 11.7. The van der Waals surface area contributed by atoms with Gasteiger partial charge in [0, 0.05) is 0 Å². The van der Waals surface area contributed by atoms with E-state index in [0.717, 1.165) is 0 Å². The summed E-state index contributed by atoms with van der Waals surface area (Å²) in [6.07, 6.45) is 13.1. The van der Waals surface area contributed by atoms with Crippen LogP contribution in [0.15, 0.2) is 152 Å². The van der Waals surface area contributed by atoms with E-state index in [2.05, 4.69) is 196 Å². The maximum Gasteiger partial charge on any atom is -0.0134 e. The summed E-state index contributed by atoms with van der Waals surface area (Å²) in [4.78, 5) is 0. The lowest BCUT2D eigenvalue weighted by Gasteiger charge is -2.20. The van der Waals surface area contributed by atoms with Gasteiger partial charge in [0.05, 0.1) is 0 Å². The van der Waals surface area contributed by atoms with Gasteiger partial charge in [0.2, 0.25) is 0 Å². The van der Waals surface area contributed by atoms with Crippen LogP contribution in [0.25, 0.3) is 36.5 Å². The maximum absolute atomic E-state index is 2.30. The van der Waals surface area contributed by atoms with Crippen LogP contribution >= 0.6 is 7.92 Å². The third-order valence-corrected chi connectivity index (χ3v) is 10.3. The Labute approximate surface area is 269 Å². The predicted molar refractivity (Wildman–Crippen MR) is 201 cm³/mol. The minimum absolute atomic E-state index is 0.722. The second-order valence-electron chi connectivity index (χ2n) is 11.3. The first-order chi connectivity index (χ1) is 22.1. The summed E-state index contributed by atoms with van der Waals surface area (Å²) in [5.41, 5.74) is 9.79. The predicted octanol–water partition coefficient (Wildman–Crippen LogP) is 10.6. The van der Waals surface area contributed by atoms with E-state index in [4.69, 9.17) is 0 Å². The third-order valence-electron chi connectivity index (χ3n) is 7.81. The van der Waals surface area contributed by atoms with E-state index >= 15 is 0 Å². The second kappa shape index (κ2) is 14.6. The molecule has 6 rings (SSSR count). The number of hydrogen-bond donors (Lipinski definition) is 0. The Morgan fingerprint density at radius 1 is 0.289 bits per heavy atom. The standard InChI is InChI=1S/C44H37P/c1-34-8-12-37(13-9-34)18-20-40-24-30-43(31-25-40)45(42-28-22-39(23-29-42)17-16-36-6-4-3-5-7-36)44-32-26-41(27-33-44)21-19-38-14-10-35(2)11-15-38/h3-33H,1-2H3/b17-16+,20-18+,21-19+. The van der Waals surface area contributed by atoms with Crippen LogP contribution in [0, 0.1) is 13.8 Å². The Bertz CT molecular complexity index is 1790. The molecule has 0 atom stereocenters. The van der Waals surface area contributed by atoms with E-state index in [1.54, 1.807) is 0 Å². The number of benzene rings is 6. The van der Waals surface area contributed by atoms with E-state index in [1.165, 1.54) is 60.4 Å². The summed E-state index contributed by atoms with van der Waals surface area (Å²) in [7, 11) is -0.722. The number of hydrogen-bond acceptors (Lipinski definition) is 0. The van der Waals surface area contributed by atoms with Crippen molar-refractivity contribution in [3.8, 4) is 0 Å². The average Bonchev–Trinajstić information content (AvgIpc) is 3.09. The minimum Gasteiger partial charge on any atom is -0.0622 e. The summed E-state index contributed by atoms with van der Waals surface area (Å²) in [5, 5.41) is 4.02. The van der Waals surface area contributed by atoms with Gasteiger partial charge >= 0.3 is 0 Å². The first-order valence-corrected chi connectivity index (χ1v) is 16.8. The molecule has 45 heavy (non-hydrogen) atoms. The Balaban J connectivity index is 1.27. The molecular formula is C44H37P. The molecule has 6 aromatic rings. The molecule has 0 radical (unpaired) electrons. The van der Waals surface area contributed by atoms with Crippen LogP contribution in [-0.2, 0) is 0 Å². The molecule has 0 aliphatic rings. The summed E-state index contributed by atoms with van der Waals surface area (Å²) < 4.78 is 0. The molecular weight excluding hydrogens is 559 g/mol. The smallest absolute Gasteiger partial charge is 0.0134 e. The molecule has 0 heterocycles. The van der Waals surface area contributed by atoms with Crippen LogP contribution in [0.3, 0.4) is 0 Å². The van der Waals surface area contributed by atoms with E-state index in [9.17, 15) is 0 Å². The molecule has 0 N–H and O–H groups in total. The molecule has 0 saturated carbocycles. The van der Waals surface area contributed by atoms with Crippen molar-refractivity contribution in [1.29, 1.82) is 0 Å². The van der Waals surface area contributed by atoms with Gasteiger partial charge in [-0.1, -0.05) is 199 Å². The zero-order chi connectivity index (χ0) is 30.8. The molecule has 0 bridgehead atoms. The van der Waals surface area contributed by atoms with Gasteiger partial charge in [-0.25, -0.2) is 0 Å². The van der Waals surface area contributed by atoms with Gasteiger partial charge in [0.15, 0.2) is 0 Å². The maximum atomic E-state index is 2.30. The van der Waals surface area contributed by atoms with Gasteiger partial charge < -0.3 is 0 Å². The zero-order valence-corrected chi connectivity index (χ0v) is 26.7. The Kier molecular flexibility index (Phi) is 9.76. The molecule has 0 nitrogen and oxygen atoms in total. The van der Waals surface area contributed by atoms with E-state index in [-0.39, 0.29) is 0 Å². The summed E-state index contributed by atoms with van der Waals surface area (Å²) >= 11 is 0. The number of aryl methyl sites for hydroxylation is 2. The van der Waals surface area contributed by atoms with Gasteiger partial charge in [0.1, 0.15) is 0 Å². The van der Waals surface area contributed by atoms with Crippen LogP contribution in [-0.4, -0.2) is 0 Å². The largest absolute Gasteiger partial charge is 0.0622 e. The molecule has 0 amide bonds.